The summed E-state index contributed by atoms with van der Waals surface area (Å²) in [4.78, 5) is 12.4. The summed E-state index contributed by atoms with van der Waals surface area (Å²) in [5, 5.41) is 2.73. The van der Waals surface area contributed by atoms with E-state index in [0.717, 1.165) is 37.7 Å². The minimum atomic E-state index is -3.56. The number of benzene rings is 2. The van der Waals surface area contributed by atoms with E-state index in [0.29, 0.717) is 17.2 Å². The third kappa shape index (κ3) is 6.32. The van der Waals surface area contributed by atoms with E-state index in [1.165, 1.54) is 18.2 Å². The van der Waals surface area contributed by atoms with Gasteiger partial charge in [0.2, 0.25) is 15.9 Å². The number of ether oxygens (including phenoxy) is 2. The van der Waals surface area contributed by atoms with Gasteiger partial charge < -0.3 is 14.8 Å². The minimum absolute atomic E-state index is 0.000143. The molecule has 0 aromatic heterocycles. The van der Waals surface area contributed by atoms with Gasteiger partial charge in [-0.1, -0.05) is 25.3 Å². The lowest BCUT2D eigenvalue weighted by Crippen LogP contribution is -2.36. The summed E-state index contributed by atoms with van der Waals surface area (Å²) < 4.78 is 38.4. The minimum Gasteiger partial charge on any atom is -0.493 e. The molecule has 1 aliphatic rings. The molecule has 1 amide bonds. The van der Waals surface area contributed by atoms with Crippen LogP contribution in [-0.4, -0.2) is 34.6 Å². The summed E-state index contributed by atoms with van der Waals surface area (Å²) in [6, 6.07) is 11.5. The Kier molecular flexibility index (Phi) is 7.70. The summed E-state index contributed by atoms with van der Waals surface area (Å²) in [5.74, 6) is 0.853. The lowest BCUT2D eigenvalue weighted by molar-refractivity contribution is -0.111. The molecule has 0 radical (unpaired) electrons. The van der Waals surface area contributed by atoms with Crippen LogP contribution in [0.3, 0.4) is 0 Å². The number of rotatable bonds is 8. The van der Waals surface area contributed by atoms with Crippen molar-refractivity contribution in [2.45, 2.75) is 43.0 Å². The Balaban J connectivity index is 1.60. The van der Waals surface area contributed by atoms with Crippen molar-refractivity contribution in [3.8, 4) is 11.5 Å². The lowest BCUT2D eigenvalue weighted by Gasteiger charge is -2.22. The first-order valence-electron chi connectivity index (χ1n) is 10.2. The van der Waals surface area contributed by atoms with E-state index in [4.69, 9.17) is 9.47 Å². The number of hydrogen-bond acceptors (Lipinski definition) is 5. The number of amides is 1. The molecule has 7 nitrogen and oxygen atoms in total. The molecular formula is C23H28N2O5S. The summed E-state index contributed by atoms with van der Waals surface area (Å²) in [7, 11) is -0.455. The highest BCUT2D eigenvalue weighted by Crippen LogP contribution is 2.28. The predicted molar refractivity (Wildman–Crippen MR) is 121 cm³/mol. The van der Waals surface area contributed by atoms with E-state index in [-0.39, 0.29) is 16.8 Å². The van der Waals surface area contributed by atoms with Crippen LogP contribution in [0.15, 0.2) is 53.4 Å². The summed E-state index contributed by atoms with van der Waals surface area (Å²) >= 11 is 0. The summed E-state index contributed by atoms with van der Waals surface area (Å²) in [6.07, 6.45) is 8.07. The lowest BCUT2D eigenvalue weighted by atomic mass is 9.96. The highest BCUT2D eigenvalue weighted by Gasteiger charge is 2.21. The molecule has 1 fully saturated rings. The molecule has 3 rings (SSSR count). The molecule has 0 saturated heterocycles. The van der Waals surface area contributed by atoms with Gasteiger partial charge in [-0.3, -0.25) is 4.79 Å². The van der Waals surface area contributed by atoms with Crippen molar-refractivity contribution in [2.75, 3.05) is 19.5 Å². The first-order chi connectivity index (χ1) is 14.9. The molecule has 31 heavy (non-hydrogen) atoms. The zero-order chi connectivity index (χ0) is 22.3. The van der Waals surface area contributed by atoms with Crippen molar-refractivity contribution in [1.29, 1.82) is 0 Å². The van der Waals surface area contributed by atoms with E-state index in [1.807, 2.05) is 6.07 Å². The van der Waals surface area contributed by atoms with Crippen molar-refractivity contribution >= 4 is 27.7 Å². The van der Waals surface area contributed by atoms with Crippen molar-refractivity contribution in [1.82, 2.24) is 4.72 Å². The van der Waals surface area contributed by atoms with Crippen LogP contribution in [-0.2, 0) is 14.8 Å². The molecule has 2 N–H and O–H groups in total. The second-order valence-corrected chi connectivity index (χ2v) is 9.13. The molecule has 0 atom stereocenters. The maximum absolute atomic E-state index is 12.6. The van der Waals surface area contributed by atoms with Gasteiger partial charge in [-0.05, 0) is 60.9 Å². The van der Waals surface area contributed by atoms with E-state index >= 15 is 0 Å². The first-order valence-corrected chi connectivity index (χ1v) is 11.7. The van der Waals surface area contributed by atoms with Crippen molar-refractivity contribution in [2.24, 2.45) is 0 Å². The third-order valence-electron chi connectivity index (χ3n) is 5.19. The van der Waals surface area contributed by atoms with Gasteiger partial charge in [0, 0.05) is 17.8 Å². The van der Waals surface area contributed by atoms with Gasteiger partial charge in [-0.2, -0.15) is 0 Å². The second kappa shape index (κ2) is 10.5. The number of anilines is 1. The van der Waals surface area contributed by atoms with E-state index in [1.54, 1.807) is 44.6 Å². The van der Waals surface area contributed by atoms with Crippen molar-refractivity contribution in [3.63, 3.8) is 0 Å². The average Bonchev–Trinajstić information content (AvgIpc) is 2.78. The average molecular weight is 445 g/mol. The van der Waals surface area contributed by atoms with Crippen LogP contribution in [0.5, 0.6) is 11.5 Å². The van der Waals surface area contributed by atoms with Crippen LogP contribution >= 0.6 is 0 Å². The molecule has 166 valence electrons. The maximum Gasteiger partial charge on any atom is 0.248 e. The number of methoxy groups -OCH3 is 2. The zero-order valence-electron chi connectivity index (χ0n) is 17.8. The Morgan fingerprint density at radius 2 is 1.65 bits per heavy atom. The van der Waals surface area contributed by atoms with E-state index in [2.05, 4.69) is 10.0 Å². The fraction of sp³-hybridized carbons (Fsp3) is 0.348. The van der Waals surface area contributed by atoms with Gasteiger partial charge in [0.05, 0.1) is 19.1 Å². The first kappa shape index (κ1) is 22.8. The highest BCUT2D eigenvalue weighted by molar-refractivity contribution is 7.89. The zero-order valence-corrected chi connectivity index (χ0v) is 18.6. The van der Waals surface area contributed by atoms with E-state index in [9.17, 15) is 13.2 Å². The van der Waals surface area contributed by atoms with Gasteiger partial charge in [0.25, 0.3) is 0 Å². The maximum atomic E-state index is 12.6. The number of carbonyl (C=O) groups excluding carboxylic acids is 1. The van der Waals surface area contributed by atoms with Crippen LogP contribution < -0.4 is 19.5 Å². The van der Waals surface area contributed by atoms with Gasteiger partial charge in [0.1, 0.15) is 0 Å². The second-order valence-electron chi connectivity index (χ2n) is 7.42. The Morgan fingerprint density at radius 3 is 2.29 bits per heavy atom. The molecule has 0 bridgehead atoms. The molecule has 0 heterocycles. The molecule has 0 unspecified atom stereocenters. The normalized spacial score (nSPS) is 15.0. The fourth-order valence-electron chi connectivity index (χ4n) is 3.54. The Hall–Kier alpha value is -2.84. The molecule has 0 aliphatic heterocycles. The summed E-state index contributed by atoms with van der Waals surface area (Å²) in [5.41, 5.74) is 1.29. The number of sulfonamides is 1. The van der Waals surface area contributed by atoms with Gasteiger partial charge in [0.15, 0.2) is 11.5 Å². The monoisotopic (exact) mass is 444 g/mol. The quantitative estimate of drug-likeness (QED) is 0.601. The van der Waals surface area contributed by atoms with Gasteiger partial charge in [-0.25, -0.2) is 13.1 Å². The fourth-order valence-corrected chi connectivity index (χ4v) is 4.84. The Morgan fingerprint density at radius 1 is 0.968 bits per heavy atom. The molecule has 0 spiro atoms. The standard InChI is InChI=1S/C23H28N2O5S/c1-29-21-14-8-17(16-22(21)30-2)9-15-23(26)24-18-10-12-20(13-11-18)31(27,28)25-19-6-4-3-5-7-19/h8-16,19,25H,3-7H2,1-2H3,(H,24,26). The number of carbonyl (C=O) groups is 1. The number of nitrogens with one attached hydrogen (secondary N) is 2. The topological polar surface area (TPSA) is 93.7 Å². The Bertz CT molecular complexity index is 1030. The van der Waals surface area contributed by atoms with Crippen LogP contribution in [0.1, 0.15) is 37.7 Å². The molecule has 8 heteroatoms. The third-order valence-corrected chi connectivity index (χ3v) is 6.73. The molecular weight excluding hydrogens is 416 g/mol. The van der Waals surface area contributed by atoms with Gasteiger partial charge >= 0.3 is 0 Å². The number of hydrogen-bond donors (Lipinski definition) is 2. The Labute approximate surface area is 183 Å². The molecule has 2 aromatic carbocycles. The van der Waals surface area contributed by atoms with Crippen LogP contribution in [0, 0.1) is 0 Å². The summed E-state index contributed by atoms with van der Waals surface area (Å²) in [6.45, 7) is 0. The van der Waals surface area contributed by atoms with Crippen LogP contribution in [0.4, 0.5) is 5.69 Å². The molecule has 2 aromatic rings. The van der Waals surface area contributed by atoms with Crippen LogP contribution in [0.25, 0.3) is 6.08 Å². The largest absolute Gasteiger partial charge is 0.493 e. The van der Waals surface area contributed by atoms with E-state index < -0.39 is 10.0 Å². The molecule has 1 saturated carbocycles. The SMILES string of the molecule is COc1ccc(C=CC(=O)Nc2ccc(S(=O)(=O)NC3CCCCC3)cc2)cc1OC. The van der Waals surface area contributed by atoms with Crippen molar-refractivity contribution in [3.05, 3.63) is 54.1 Å². The molecule has 1 aliphatic carbocycles. The highest BCUT2D eigenvalue weighted by atomic mass is 32.2. The van der Waals surface area contributed by atoms with Crippen molar-refractivity contribution < 1.29 is 22.7 Å². The van der Waals surface area contributed by atoms with Gasteiger partial charge in [-0.15, -0.1) is 0 Å². The van der Waals surface area contributed by atoms with Crippen LogP contribution in [0.2, 0.25) is 0 Å². The predicted octanol–water partition coefficient (Wildman–Crippen LogP) is 3.97. The smallest absolute Gasteiger partial charge is 0.248 e.